The summed E-state index contributed by atoms with van der Waals surface area (Å²) in [6, 6.07) is 10.5. The number of amides is 2. The van der Waals surface area contributed by atoms with Crippen molar-refractivity contribution in [2.45, 2.75) is 44.7 Å². The van der Waals surface area contributed by atoms with Gasteiger partial charge >= 0.3 is 6.03 Å². The highest BCUT2D eigenvalue weighted by atomic mass is 16.2. The SMILES string of the molecule is C[C@H](Cn1cncn1)NC(=O)N1CCC[C@](C)(c2ccccc2)C1. The zero-order valence-electron chi connectivity index (χ0n) is 14.4. The summed E-state index contributed by atoms with van der Waals surface area (Å²) in [6.45, 7) is 6.42. The van der Waals surface area contributed by atoms with Crippen molar-refractivity contribution in [3.8, 4) is 0 Å². The fourth-order valence-corrected chi connectivity index (χ4v) is 3.44. The second-order valence-corrected chi connectivity index (χ2v) is 6.92. The normalized spacial score (nSPS) is 22.2. The van der Waals surface area contributed by atoms with Crippen LogP contribution in [0, 0.1) is 0 Å². The lowest BCUT2D eigenvalue weighted by Gasteiger charge is -2.41. The number of urea groups is 1. The molecule has 1 aliphatic rings. The Morgan fingerprint density at radius 1 is 1.38 bits per heavy atom. The van der Waals surface area contributed by atoms with Gasteiger partial charge in [-0.25, -0.2) is 9.78 Å². The average molecular weight is 327 g/mol. The maximum Gasteiger partial charge on any atom is 0.317 e. The molecule has 0 spiro atoms. The fourth-order valence-electron chi connectivity index (χ4n) is 3.44. The highest BCUT2D eigenvalue weighted by Gasteiger charge is 2.34. The van der Waals surface area contributed by atoms with E-state index in [1.807, 2.05) is 17.9 Å². The van der Waals surface area contributed by atoms with Gasteiger partial charge in [-0.15, -0.1) is 0 Å². The third-order valence-electron chi connectivity index (χ3n) is 4.75. The van der Waals surface area contributed by atoms with Gasteiger partial charge < -0.3 is 10.2 Å². The van der Waals surface area contributed by atoms with Gasteiger partial charge in [-0.1, -0.05) is 37.3 Å². The molecule has 2 heterocycles. The van der Waals surface area contributed by atoms with E-state index in [9.17, 15) is 4.79 Å². The number of nitrogens with zero attached hydrogens (tertiary/aromatic N) is 4. The molecule has 3 rings (SSSR count). The van der Waals surface area contributed by atoms with Crippen molar-refractivity contribution < 1.29 is 4.79 Å². The van der Waals surface area contributed by atoms with Crippen LogP contribution in [0.2, 0.25) is 0 Å². The molecule has 1 fully saturated rings. The van der Waals surface area contributed by atoms with E-state index in [0.29, 0.717) is 6.54 Å². The van der Waals surface area contributed by atoms with Crippen molar-refractivity contribution >= 4 is 6.03 Å². The molecule has 0 aliphatic carbocycles. The largest absolute Gasteiger partial charge is 0.334 e. The van der Waals surface area contributed by atoms with E-state index in [0.717, 1.165) is 25.9 Å². The number of benzene rings is 1. The third-order valence-corrected chi connectivity index (χ3v) is 4.75. The summed E-state index contributed by atoms with van der Waals surface area (Å²) in [7, 11) is 0. The summed E-state index contributed by atoms with van der Waals surface area (Å²) < 4.78 is 1.73. The van der Waals surface area contributed by atoms with Crippen LogP contribution < -0.4 is 5.32 Å². The number of carbonyl (C=O) groups is 1. The van der Waals surface area contributed by atoms with Gasteiger partial charge in [-0.2, -0.15) is 5.10 Å². The summed E-state index contributed by atoms with van der Waals surface area (Å²) >= 11 is 0. The van der Waals surface area contributed by atoms with Crippen molar-refractivity contribution in [3.63, 3.8) is 0 Å². The molecule has 1 saturated heterocycles. The van der Waals surface area contributed by atoms with Crippen LogP contribution in [0.4, 0.5) is 4.79 Å². The van der Waals surface area contributed by atoms with Gasteiger partial charge in [0.25, 0.3) is 0 Å². The van der Waals surface area contributed by atoms with Crippen LogP contribution in [-0.2, 0) is 12.0 Å². The van der Waals surface area contributed by atoms with Gasteiger partial charge in [0, 0.05) is 24.5 Å². The Morgan fingerprint density at radius 3 is 2.88 bits per heavy atom. The van der Waals surface area contributed by atoms with Crippen LogP contribution in [0.25, 0.3) is 0 Å². The van der Waals surface area contributed by atoms with Crippen molar-refractivity contribution in [1.82, 2.24) is 25.0 Å². The Morgan fingerprint density at radius 2 is 2.17 bits per heavy atom. The number of hydrogen-bond donors (Lipinski definition) is 1. The molecule has 2 atom stereocenters. The van der Waals surface area contributed by atoms with E-state index < -0.39 is 0 Å². The van der Waals surface area contributed by atoms with Crippen LogP contribution in [0.5, 0.6) is 0 Å². The highest BCUT2D eigenvalue weighted by molar-refractivity contribution is 5.74. The van der Waals surface area contributed by atoms with Crippen molar-refractivity contribution in [2.24, 2.45) is 0 Å². The molecule has 2 amide bonds. The first-order valence-electron chi connectivity index (χ1n) is 8.50. The van der Waals surface area contributed by atoms with Gasteiger partial charge in [-0.05, 0) is 25.3 Å². The zero-order valence-corrected chi connectivity index (χ0v) is 14.4. The molecule has 0 bridgehead atoms. The van der Waals surface area contributed by atoms with Crippen LogP contribution in [0.3, 0.4) is 0 Å². The second-order valence-electron chi connectivity index (χ2n) is 6.92. The summed E-state index contributed by atoms with van der Waals surface area (Å²) in [4.78, 5) is 18.5. The summed E-state index contributed by atoms with van der Waals surface area (Å²) in [6.07, 6.45) is 5.30. The standard InChI is InChI=1S/C18H25N5O/c1-15(11-23-14-19-13-20-23)21-17(24)22-10-6-9-18(2,12-22)16-7-4-3-5-8-16/h3-5,7-8,13-15H,6,9-12H2,1-2H3,(H,21,24)/t15-,18+/m1/s1. The number of rotatable bonds is 4. The molecule has 0 saturated carbocycles. The average Bonchev–Trinajstić information content (AvgIpc) is 3.08. The van der Waals surface area contributed by atoms with E-state index in [1.165, 1.54) is 11.9 Å². The van der Waals surface area contributed by atoms with Gasteiger partial charge in [0.05, 0.1) is 6.54 Å². The summed E-state index contributed by atoms with van der Waals surface area (Å²) in [5, 5.41) is 7.15. The molecule has 1 aromatic heterocycles. The van der Waals surface area contributed by atoms with Crippen LogP contribution >= 0.6 is 0 Å². The molecule has 1 aromatic carbocycles. The zero-order chi connectivity index (χ0) is 17.0. The molecule has 1 aliphatic heterocycles. The predicted octanol–water partition coefficient (Wildman–Crippen LogP) is 2.43. The minimum absolute atomic E-state index is 0.00380. The number of carbonyl (C=O) groups excluding carboxylic acids is 1. The number of aromatic nitrogens is 3. The monoisotopic (exact) mass is 327 g/mol. The first-order chi connectivity index (χ1) is 11.6. The van der Waals surface area contributed by atoms with E-state index in [4.69, 9.17) is 0 Å². The van der Waals surface area contributed by atoms with Gasteiger partial charge in [0.2, 0.25) is 0 Å². The summed E-state index contributed by atoms with van der Waals surface area (Å²) in [5.41, 5.74) is 1.32. The third kappa shape index (κ3) is 3.75. The van der Waals surface area contributed by atoms with Gasteiger partial charge in [0.1, 0.15) is 12.7 Å². The van der Waals surface area contributed by atoms with Gasteiger partial charge in [0.15, 0.2) is 0 Å². The topological polar surface area (TPSA) is 63.1 Å². The van der Waals surface area contributed by atoms with E-state index in [2.05, 4.69) is 46.6 Å². The Hall–Kier alpha value is -2.37. The first kappa shape index (κ1) is 16.5. The Bertz CT molecular complexity index is 657. The van der Waals surface area contributed by atoms with E-state index in [1.54, 1.807) is 11.0 Å². The molecule has 24 heavy (non-hydrogen) atoms. The smallest absolute Gasteiger partial charge is 0.317 e. The van der Waals surface area contributed by atoms with Crippen LogP contribution in [0.15, 0.2) is 43.0 Å². The maximum atomic E-state index is 12.6. The molecule has 6 nitrogen and oxygen atoms in total. The number of nitrogens with one attached hydrogen (secondary N) is 1. The molecular formula is C18H25N5O. The molecule has 0 radical (unpaired) electrons. The molecular weight excluding hydrogens is 302 g/mol. The second kappa shape index (κ2) is 7.03. The molecule has 128 valence electrons. The van der Waals surface area contributed by atoms with E-state index >= 15 is 0 Å². The molecule has 2 aromatic rings. The Balaban J connectivity index is 1.61. The lowest BCUT2D eigenvalue weighted by molar-refractivity contribution is 0.152. The molecule has 1 N–H and O–H groups in total. The maximum absolute atomic E-state index is 12.6. The van der Waals surface area contributed by atoms with Gasteiger partial charge in [-0.3, -0.25) is 4.68 Å². The van der Waals surface area contributed by atoms with Crippen LogP contribution in [-0.4, -0.2) is 44.8 Å². The fraction of sp³-hybridized carbons (Fsp3) is 0.500. The minimum Gasteiger partial charge on any atom is -0.334 e. The lowest BCUT2D eigenvalue weighted by Crippen LogP contribution is -2.52. The number of hydrogen-bond acceptors (Lipinski definition) is 3. The van der Waals surface area contributed by atoms with E-state index in [-0.39, 0.29) is 17.5 Å². The number of piperidine rings is 1. The highest BCUT2D eigenvalue weighted by Crippen LogP contribution is 2.33. The quantitative estimate of drug-likeness (QED) is 0.938. The summed E-state index contributed by atoms with van der Waals surface area (Å²) in [5.74, 6) is 0. The molecule has 0 unspecified atom stereocenters. The van der Waals surface area contributed by atoms with Crippen molar-refractivity contribution in [1.29, 1.82) is 0 Å². The first-order valence-corrected chi connectivity index (χ1v) is 8.50. The lowest BCUT2D eigenvalue weighted by atomic mass is 9.76. The van der Waals surface area contributed by atoms with Crippen LogP contribution in [0.1, 0.15) is 32.3 Å². The Labute approximate surface area is 142 Å². The minimum atomic E-state index is 0.00380. The molecule has 6 heteroatoms. The Kier molecular flexibility index (Phi) is 4.83. The van der Waals surface area contributed by atoms with Crippen molar-refractivity contribution in [3.05, 3.63) is 48.5 Å². The number of likely N-dealkylation sites (tertiary alicyclic amines) is 1. The predicted molar refractivity (Wildman–Crippen MR) is 92.6 cm³/mol. The van der Waals surface area contributed by atoms with Crippen molar-refractivity contribution in [2.75, 3.05) is 13.1 Å².